The maximum atomic E-state index is 12.0. The normalized spacial score (nSPS) is 11.7. The van der Waals surface area contributed by atoms with E-state index in [1.54, 1.807) is 24.5 Å². The quantitative estimate of drug-likeness (QED) is 0.106. The lowest BCUT2D eigenvalue weighted by Crippen LogP contribution is -2.21. The zero-order valence-corrected chi connectivity index (χ0v) is 25.3. The molecule has 0 bridgehead atoms. The molecule has 8 N–H and O–H groups in total. The molecule has 0 aliphatic carbocycles. The van der Waals surface area contributed by atoms with E-state index in [1.807, 2.05) is 30.3 Å². The number of carbonyl (C=O) groups is 3. The van der Waals surface area contributed by atoms with Gasteiger partial charge in [-0.2, -0.15) is 26.3 Å². The summed E-state index contributed by atoms with van der Waals surface area (Å²) in [6, 6.07) is 23.4. The van der Waals surface area contributed by atoms with Gasteiger partial charge in [0.05, 0.1) is 11.9 Å². The number of carboxylic acid groups (broad SMARTS) is 2. The van der Waals surface area contributed by atoms with Gasteiger partial charge in [0.25, 0.3) is 0 Å². The zero-order valence-electron chi connectivity index (χ0n) is 25.3. The monoisotopic (exact) mass is 690 g/mol. The zero-order chi connectivity index (χ0) is 36.5. The number of hydrogen-bond donors (Lipinski definition) is 6. The highest BCUT2D eigenvalue weighted by Crippen LogP contribution is 2.31. The summed E-state index contributed by atoms with van der Waals surface area (Å²) < 4.78 is 63.5. The molecular weight excluding hydrogens is 662 g/mol. The maximum absolute atomic E-state index is 12.0. The molecule has 0 aliphatic rings. The summed E-state index contributed by atoms with van der Waals surface area (Å²) in [6.07, 6.45) is -5.79. The summed E-state index contributed by atoms with van der Waals surface area (Å²) in [4.78, 5) is 42.0. The molecule has 1 atom stereocenters. The Hall–Kier alpha value is -6.13. The molecule has 0 saturated heterocycles. The number of benzene rings is 3. The van der Waals surface area contributed by atoms with Crippen LogP contribution in [0.4, 0.5) is 37.8 Å². The van der Waals surface area contributed by atoms with Crippen LogP contribution in [0.3, 0.4) is 0 Å². The summed E-state index contributed by atoms with van der Waals surface area (Å²) in [6.45, 7) is 2.13. The number of aromatic amines is 1. The predicted octanol–water partition coefficient (Wildman–Crippen LogP) is 6.34. The number of primary amides is 1. The van der Waals surface area contributed by atoms with Crippen LogP contribution >= 0.6 is 0 Å². The molecule has 0 fully saturated rings. The van der Waals surface area contributed by atoms with Crippen molar-refractivity contribution in [2.75, 3.05) is 11.1 Å². The molecule has 0 aliphatic heterocycles. The first-order chi connectivity index (χ1) is 22.9. The number of rotatable bonds is 7. The van der Waals surface area contributed by atoms with E-state index in [-0.39, 0.29) is 6.04 Å². The van der Waals surface area contributed by atoms with Crippen LogP contribution in [0.1, 0.15) is 40.3 Å². The molecule has 5 aromatic rings. The van der Waals surface area contributed by atoms with Gasteiger partial charge in [0.1, 0.15) is 17.7 Å². The summed E-state index contributed by atoms with van der Waals surface area (Å²) in [5.74, 6) is -4.76. The third-order valence-electron chi connectivity index (χ3n) is 6.64. The number of nitrogens with one attached hydrogen (secondary N) is 2. The number of amides is 1. The Morgan fingerprint density at radius 2 is 1.51 bits per heavy atom. The minimum atomic E-state index is -5.08. The standard InChI is InChI=1S/C28H26N6O.2C2HF3O2/c1-2-17-6-5-7-19(14-17)25(33-20-10-11-21-18(15-20)12-13-31-26(21)29)28-32-16-24(34-28)22-8-3-4-9-23(22)27(30)35;2*3-2(4,5)1(6)7/h3-16,25,33H,2H2,1H3,(H2,29,31)(H2,30,35)(H,32,34);2*(H,6,7). The van der Waals surface area contributed by atoms with Gasteiger partial charge >= 0.3 is 24.3 Å². The first kappa shape index (κ1) is 37.3. The van der Waals surface area contributed by atoms with Crippen molar-refractivity contribution in [2.24, 2.45) is 5.73 Å². The van der Waals surface area contributed by atoms with Gasteiger partial charge in [0, 0.05) is 28.4 Å². The van der Waals surface area contributed by atoms with Crippen molar-refractivity contribution in [1.29, 1.82) is 0 Å². The van der Waals surface area contributed by atoms with Crippen molar-refractivity contribution in [3.8, 4) is 11.3 Å². The maximum Gasteiger partial charge on any atom is 0.490 e. The van der Waals surface area contributed by atoms with Gasteiger partial charge in [-0.05, 0) is 53.3 Å². The van der Waals surface area contributed by atoms with E-state index in [9.17, 15) is 31.1 Å². The number of hydrogen-bond acceptors (Lipinski definition) is 7. The van der Waals surface area contributed by atoms with Gasteiger partial charge in [0.15, 0.2) is 0 Å². The fraction of sp³-hybridized carbons (Fsp3) is 0.156. The van der Waals surface area contributed by atoms with Crippen LogP contribution in [-0.2, 0) is 16.0 Å². The molecule has 1 amide bonds. The van der Waals surface area contributed by atoms with Crippen molar-refractivity contribution < 1.29 is 50.9 Å². The lowest BCUT2D eigenvalue weighted by atomic mass is 10.0. The fourth-order valence-electron chi connectivity index (χ4n) is 4.31. The van der Waals surface area contributed by atoms with Gasteiger partial charge in [-0.3, -0.25) is 4.79 Å². The van der Waals surface area contributed by atoms with Crippen LogP contribution in [0.2, 0.25) is 0 Å². The predicted molar refractivity (Wildman–Crippen MR) is 167 cm³/mol. The largest absolute Gasteiger partial charge is 0.490 e. The SMILES string of the molecule is CCc1cccc(C(Nc2ccc3c(N)nccc3c2)c2ncc(-c3ccccc3C(N)=O)[nH]2)c1.O=C(O)C(F)(F)F.O=C(O)C(F)(F)F. The molecule has 0 radical (unpaired) electrons. The molecule has 258 valence electrons. The Labute approximate surface area is 273 Å². The number of aryl methyl sites for hydroxylation is 1. The second kappa shape index (κ2) is 15.6. The van der Waals surface area contributed by atoms with Crippen LogP contribution in [0, 0.1) is 0 Å². The highest BCUT2D eigenvalue weighted by atomic mass is 19.4. The lowest BCUT2D eigenvalue weighted by Gasteiger charge is -2.20. The van der Waals surface area contributed by atoms with Crippen LogP contribution in [0.5, 0.6) is 0 Å². The Kier molecular flexibility index (Phi) is 11.9. The van der Waals surface area contributed by atoms with E-state index in [4.69, 9.17) is 36.3 Å². The number of aliphatic carboxylic acids is 2. The number of anilines is 2. The number of carbonyl (C=O) groups excluding carboxylic acids is 1. The van der Waals surface area contributed by atoms with E-state index < -0.39 is 30.2 Å². The summed E-state index contributed by atoms with van der Waals surface area (Å²) >= 11 is 0. The third kappa shape index (κ3) is 10.2. The average molecular weight is 691 g/mol. The number of pyridine rings is 1. The van der Waals surface area contributed by atoms with Crippen LogP contribution < -0.4 is 16.8 Å². The fourth-order valence-corrected chi connectivity index (χ4v) is 4.31. The third-order valence-corrected chi connectivity index (χ3v) is 6.64. The number of alkyl halides is 6. The highest BCUT2D eigenvalue weighted by molar-refractivity contribution is 5.99. The molecule has 0 saturated carbocycles. The van der Waals surface area contributed by atoms with E-state index in [0.29, 0.717) is 16.9 Å². The van der Waals surface area contributed by atoms with E-state index in [0.717, 1.165) is 40.0 Å². The molecule has 3 aromatic carbocycles. The first-order valence-electron chi connectivity index (χ1n) is 14.0. The molecule has 0 spiro atoms. The summed E-state index contributed by atoms with van der Waals surface area (Å²) in [5.41, 5.74) is 16.8. The van der Waals surface area contributed by atoms with Crippen molar-refractivity contribution in [2.45, 2.75) is 31.7 Å². The molecule has 11 nitrogen and oxygen atoms in total. The number of halogens is 6. The van der Waals surface area contributed by atoms with E-state index in [2.05, 4.69) is 52.5 Å². The van der Waals surface area contributed by atoms with Gasteiger partial charge < -0.3 is 32.0 Å². The van der Waals surface area contributed by atoms with Gasteiger partial charge in [0.2, 0.25) is 5.91 Å². The number of fused-ring (bicyclic) bond motifs is 1. The second-order valence-corrected chi connectivity index (χ2v) is 10.0. The molecule has 17 heteroatoms. The molecule has 2 aromatic heterocycles. The van der Waals surface area contributed by atoms with Crippen LogP contribution in [-0.4, -0.2) is 55.4 Å². The Morgan fingerprint density at radius 1 is 0.878 bits per heavy atom. The number of carboxylic acids is 2. The van der Waals surface area contributed by atoms with Crippen molar-refractivity contribution in [3.63, 3.8) is 0 Å². The number of nitrogens with two attached hydrogens (primary N) is 2. The summed E-state index contributed by atoms with van der Waals surface area (Å²) in [5, 5.41) is 19.8. The van der Waals surface area contributed by atoms with Crippen molar-refractivity contribution >= 4 is 40.1 Å². The topological polar surface area (TPSA) is 197 Å². The second-order valence-electron chi connectivity index (χ2n) is 10.0. The van der Waals surface area contributed by atoms with Crippen LogP contribution in [0.15, 0.2) is 85.2 Å². The lowest BCUT2D eigenvalue weighted by molar-refractivity contribution is -0.193. The highest BCUT2D eigenvalue weighted by Gasteiger charge is 2.38. The Bertz CT molecular complexity index is 1920. The molecule has 49 heavy (non-hydrogen) atoms. The number of nitrogens with zero attached hydrogens (tertiary/aromatic N) is 2. The van der Waals surface area contributed by atoms with Gasteiger partial charge in [-0.1, -0.05) is 49.4 Å². The Morgan fingerprint density at radius 3 is 2.10 bits per heavy atom. The van der Waals surface area contributed by atoms with E-state index in [1.165, 1.54) is 5.56 Å². The van der Waals surface area contributed by atoms with E-state index >= 15 is 0 Å². The minimum absolute atomic E-state index is 0.257. The first-order valence-corrected chi connectivity index (χ1v) is 14.0. The smallest absolute Gasteiger partial charge is 0.475 e. The average Bonchev–Trinajstić information content (AvgIpc) is 3.53. The molecule has 2 heterocycles. The van der Waals surface area contributed by atoms with Gasteiger partial charge in [-0.15, -0.1) is 0 Å². The van der Waals surface area contributed by atoms with Crippen molar-refractivity contribution in [1.82, 2.24) is 15.0 Å². The van der Waals surface area contributed by atoms with Crippen molar-refractivity contribution in [3.05, 3.63) is 108 Å². The minimum Gasteiger partial charge on any atom is -0.475 e. The number of aromatic nitrogens is 3. The molecule has 5 rings (SSSR count). The number of H-pyrrole nitrogens is 1. The van der Waals surface area contributed by atoms with Gasteiger partial charge in [-0.25, -0.2) is 19.6 Å². The summed E-state index contributed by atoms with van der Waals surface area (Å²) in [7, 11) is 0. The Balaban J connectivity index is 0.000000392. The number of nitrogen functional groups attached to an aromatic ring is 1. The molecule has 1 unspecified atom stereocenters. The molecular formula is C32H28F6N6O5. The number of imidazole rings is 1. The van der Waals surface area contributed by atoms with Crippen LogP contribution in [0.25, 0.3) is 22.0 Å².